The van der Waals surface area contributed by atoms with Crippen LogP contribution in [0.1, 0.15) is 23.0 Å². The number of nitrogens with two attached hydrogens (primary N) is 1. The van der Waals surface area contributed by atoms with Crippen molar-refractivity contribution in [1.82, 2.24) is 20.4 Å². The topological polar surface area (TPSA) is 121 Å². The Balaban J connectivity index is 2.33. The van der Waals surface area contributed by atoms with Crippen LogP contribution in [0.4, 0.5) is 5.82 Å². The molecular weight excluding hydrogens is 238 g/mol. The fourth-order valence-corrected chi connectivity index (χ4v) is 1.82. The van der Waals surface area contributed by atoms with Gasteiger partial charge in [-0.25, -0.2) is 0 Å². The van der Waals surface area contributed by atoms with Crippen LogP contribution in [0.5, 0.6) is 0 Å². The van der Waals surface area contributed by atoms with Crippen LogP contribution in [-0.4, -0.2) is 45.4 Å². The molecule has 1 aromatic heterocycles. The molecule has 1 saturated heterocycles. The first-order valence-electron chi connectivity index (χ1n) is 5.37. The van der Waals surface area contributed by atoms with Gasteiger partial charge in [-0.05, 0) is 13.8 Å². The molecule has 0 aromatic carbocycles. The highest BCUT2D eigenvalue weighted by molar-refractivity contribution is 6.08. The van der Waals surface area contributed by atoms with Gasteiger partial charge in [0, 0.05) is 5.69 Å². The van der Waals surface area contributed by atoms with Crippen LogP contribution >= 0.6 is 0 Å². The quantitative estimate of drug-likeness (QED) is 0.540. The molecule has 0 saturated carbocycles. The molecule has 2 rings (SSSR count). The van der Waals surface area contributed by atoms with Gasteiger partial charge >= 0.3 is 0 Å². The molecule has 8 heteroatoms. The van der Waals surface area contributed by atoms with E-state index in [4.69, 9.17) is 5.73 Å². The Morgan fingerprint density at radius 1 is 1.50 bits per heavy atom. The van der Waals surface area contributed by atoms with E-state index >= 15 is 0 Å². The van der Waals surface area contributed by atoms with Gasteiger partial charge in [-0.1, -0.05) is 0 Å². The number of carbonyl (C=O) groups is 3. The summed E-state index contributed by atoms with van der Waals surface area (Å²) in [6.45, 7) is 3.02. The summed E-state index contributed by atoms with van der Waals surface area (Å²) in [5.74, 6) is -1.43. The summed E-state index contributed by atoms with van der Waals surface area (Å²) in [4.78, 5) is 36.2. The number of H-pyrrole nitrogens is 1. The maximum absolute atomic E-state index is 12.3. The molecule has 0 bridgehead atoms. The maximum Gasteiger partial charge on any atom is 0.260 e. The Kier molecular flexibility index (Phi) is 2.77. The van der Waals surface area contributed by atoms with Crippen LogP contribution in [0, 0.1) is 6.92 Å². The molecule has 8 nitrogen and oxygen atoms in total. The van der Waals surface area contributed by atoms with E-state index in [1.54, 1.807) is 13.8 Å². The molecule has 1 aromatic rings. The van der Waals surface area contributed by atoms with Crippen molar-refractivity contribution in [3.63, 3.8) is 0 Å². The van der Waals surface area contributed by atoms with Crippen LogP contribution in [0.3, 0.4) is 0 Å². The van der Waals surface area contributed by atoms with Crippen molar-refractivity contribution in [3.05, 3.63) is 11.3 Å². The Bertz CT molecular complexity index is 516. The molecule has 0 radical (unpaired) electrons. The van der Waals surface area contributed by atoms with Crippen molar-refractivity contribution >= 4 is 23.5 Å². The average molecular weight is 251 g/mol. The van der Waals surface area contributed by atoms with Crippen molar-refractivity contribution < 1.29 is 14.4 Å². The molecule has 1 aliphatic heterocycles. The SMILES string of the molecule is Cc1[nH]nc(N)c1C(=O)N1CC(=O)NC(=O)C1C. The zero-order chi connectivity index (χ0) is 13.4. The maximum atomic E-state index is 12.3. The third-order valence-corrected chi connectivity index (χ3v) is 2.87. The van der Waals surface area contributed by atoms with Gasteiger partial charge in [0.05, 0.1) is 0 Å². The Morgan fingerprint density at radius 3 is 2.72 bits per heavy atom. The lowest BCUT2D eigenvalue weighted by Gasteiger charge is -2.31. The molecule has 1 atom stereocenters. The molecule has 96 valence electrons. The van der Waals surface area contributed by atoms with Crippen LogP contribution in [-0.2, 0) is 9.59 Å². The second kappa shape index (κ2) is 4.13. The fourth-order valence-electron chi connectivity index (χ4n) is 1.82. The van der Waals surface area contributed by atoms with E-state index in [0.717, 1.165) is 0 Å². The number of piperazine rings is 1. The summed E-state index contributed by atoms with van der Waals surface area (Å²) in [5.41, 5.74) is 6.29. The molecule has 18 heavy (non-hydrogen) atoms. The molecule has 3 amide bonds. The lowest BCUT2D eigenvalue weighted by molar-refractivity contribution is -0.138. The number of rotatable bonds is 1. The van der Waals surface area contributed by atoms with E-state index in [1.165, 1.54) is 4.90 Å². The molecule has 2 heterocycles. The van der Waals surface area contributed by atoms with E-state index in [0.29, 0.717) is 5.69 Å². The van der Waals surface area contributed by atoms with Crippen molar-refractivity contribution in [3.8, 4) is 0 Å². The average Bonchev–Trinajstić information content (AvgIpc) is 2.63. The third kappa shape index (κ3) is 1.81. The number of nitrogens with one attached hydrogen (secondary N) is 2. The summed E-state index contributed by atoms with van der Waals surface area (Å²) in [6.07, 6.45) is 0. The number of aromatic nitrogens is 2. The highest BCUT2D eigenvalue weighted by Crippen LogP contribution is 2.18. The summed E-state index contributed by atoms with van der Waals surface area (Å²) in [6, 6.07) is -0.719. The normalized spacial score (nSPS) is 19.9. The van der Waals surface area contributed by atoms with Crippen molar-refractivity contribution in [1.29, 1.82) is 0 Å². The van der Waals surface area contributed by atoms with E-state index in [2.05, 4.69) is 15.5 Å². The van der Waals surface area contributed by atoms with E-state index in [1.807, 2.05) is 0 Å². The zero-order valence-corrected chi connectivity index (χ0v) is 9.98. The first-order valence-corrected chi connectivity index (χ1v) is 5.37. The van der Waals surface area contributed by atoms with Gasteiger partial charge in [-0.15, -0.1) is 0 Å². The Hall–Kier alpha value is -2.38. The lowest BCUT2D eigenvalue weighted by atomic mass is 10.1. The second-order valence-corrected chi connectivity index (χ2v) is 4.13. The zero-order valence-electron chi connectivity index (χ0n) is 9.98. The minimum atomic E-state index is -0.719. The molecule has 1 unspecified atom stereocenters. The van der Waals surface area contributed by atoms with Gasteiger partial charge < -0.3 is 10.6 Å². The summed E-state index contributed by atoms with van der Waals surface area (Å²) < 4.78 is 0. The van der Waals surface area contributed by atoms with Crippen molar-refractivity contribution in [2.24, 2.45) is 0 Å². The summed E-state index contributed by atoms with van der Waals surface area (Å²) >= 11 is 0. The van der Waals surface area contributed by atoms with Gasteiger partial charge in [-0.2, -0.15) is 5.10 Å². The summed E-state index contributed by atoms with van der Waals surface area (Å²) in [5, 5.41) is 8.46. The highest BCUT2D eigenvalue weighted by atomic mass is 16.2. The molecule has 0 spiro atoms. The molecule has 4 N–H and O–H groups in total. The molecule has 1 fully saturated rings. The predicted octanol–water partition coefficient (Wildman–Crippen LogP) is -1.21. The predicted molar refractivity (Wildman–Crippen MR) is 61.4 cm³/mol. The number of hydrogen-bond acceptors (Lipinski definition) is 5. The smallest absolute Gasteiger partial charge is 0.260 e. The Morgan fingerprint density at radius 2 is 2.17 bits per heavy atom. The Labute approximate surface area is 103 Å². The van der Waals surface area contributed by atoms with E-state index < -0.39 is 23.8 Å². The fraction of sp³-hybridized carbons (Fsp3) is 0.400. The molecule has 1 aliphatic rings. The van der Waals surface area contributed by atoms with Gasteiger partial charge in [0.25, 0.3) is 5.91 Å². The van der Waals surface area contributed by atoms with Crippen molar-refractivity contribution in [2.45, 2.75) is 19.9 Å². The number of aryl methyl sites for hydroxylation is 1. The number of nitrogen functional groups attached to an aromatic ring is 1. The minimum absolute atomic E-state index is 0.0585. The first-order chi connectivity index (χ1) is 8.41. The van der Waals surface area contributed by atoms with Gasteiger partial charge in [0.2, 0.25) is 11.8 Å². The summed E-state index contributed by atoms with van der Waals surface area (Å²) in [7, 11) is 0. The van der Waals surface area contributed by atoms with Crippen LogP contribution in [0.15, 0.2) is 0 Å². The van der Waals surface area contributed by atoms with Crippen LogP contribution in [0.25, 0.3) is 0 Å². The number of carbonyl (C=O) groups excluding carboxylic acids is 3. The first kappa shape index (κ1) is 12.1. The van der Waals surface area contributed by atoms with Gasteiger partial charge in [-0.3, -0.25) is 24.8 Å². The van der Waals surface area contributed by atoms with Crippen LogP contribution < -0.4 is 11.1 Å². The number of anilines is 1. The van der Waals surface area contributed by atoms with Gasteiger partial charge in [0.15, 0.2) is 5.82 Å². The third-order valence-electron chi connectivity index (χ3n) is 2.87. The number of nitrogens with zero attached hydrogens (tertiary/aromatic N) is 2. The number of amides is 3. The standard InChI is InChI=1S/C10H13N5O3/c1-4-7(8(11)14-13-4)10(18)15-3-6(16)12-9(17)5(15)2/h5H,3H2,1-2H3,(H3,11,13,14)(H,12,16,17). The number of hydrogen-bond donors (Lipinski definition) is 3. The van der Waals surface area contributed by atoms with Gasteiger partial charge in [0.1, 0.15) is 18.2 Å². The van der Waals surface area contributed by atoms with Crippen molar-refractivity contribution in [2.75, 3.05) is 12.3 Å². The van der Waals surface area contributed by atoms with Crippen LogP contribution in [0.2, 0.25) is 0 Å². The number of imide groups is 1. The largest absolute Gasteiger partial charge is 0.382 e. The minimum Gasteiger partial charge on any atom is -0.382 e. The molecular formula is C10H13N5O3. The lowest BCUT2D eigenvalue weighted by Crippen LogP contribution is -2.58. The monoisotopic (exact) mass is 251 g/mol. The molecule has 0 aliphatic carbocycles. The second-order valence-electron chi connectivity index (χ2n) is 4.13. The van der Waals surface area contributed by atoms with E-state index in [9.17, 15) is 14.4 Å². The number of aromatic amines is 1. The van der Waals surface area contributed by atoms with E-state index in [-0.39, 0.29) is 17.9 Å². The highest BCUT2D eigenvalue weighted by Gasteiger charge is 2.35.